The number of nitrogens with zero attached hydrogens (tertiary/aromatic N) is 5. The summed E-state index contributed by atoms with van der Waals surface area (Å²) in [4.78, 5) is 12.0. The van der Waals surface area contributed by atoms with Gasteiger partial charge in [-0.25, -0.2) is 4.68 Å². The number of carbonyl (C=O) groups excluding carboxylic acids is 1. The van der Waals surface area contributed by atoms with E-state index in [1.54, 1.807) is 11.6 Å². The normalized spacial score (nSPS) is 12.4. The van der Waals surface area contributed by atoms with E-state index in [4.69, 9.17) is 0 Å². The second-order valence-electron chi connectivity index (χ2n) is 4.84. The van der Waals surface area contributed by atoms with Crippen molar-refractivity contribution in [2.45, 2.75) is 46.7 Å². The van der Waals surface area contributed by atoms with Crippen molar-refractivity contribution in [3.63, 3.8) is 0 Å². The maximum absolute atomic E-state index is 12.0. The summed E-state index contributed by atoms with van der Waals surface area (Å²) >= 11 is 0. The van der Waals surface area contributed by atoms with Gasteiger partial charge in [0.2, 0.25) is 5.91 Å². The van der Waals surface area contributed by atoms with Gasteiger partial charge in [-0.3, -0.25) is 9.89 Å². The smallest absolute Gasteiger partial charge is 0.222 e. The van der Waals surface area contributed by atoms with Crippen LogP contribution >= 0.6 is 0 Å². The van der Waals surface area contributed by atoms with Crippen molar-refractivity contribution in [3.05, 3.63) is 22.8 Å². The summed E-state index contributed by atoms with van der Waals surface area (Å²) in [6.45, 7) is 8.10. The molecule has 8 nitrogen and oxygen atoms in total. The molecule has 2 aromatic rings. The quantitative estimate of drug-likeness (QED) is 0.832. The fraction of sp³-hybridized carbons (Fsp3) is 0.583. The van der Waals surface area contributed by atoms with Gasteiger partial charge in [0, 0.05) is 17.7 Å². The number of carbonyl (C=O) groups is 1. The number of nitrogens with one attached hydrogen (secondary N) is 2. The zero-order chi connectivity index (χ0) is 14.7. The number of H-pyrrole nitrogens is 1. The average Bonchev–Trinajstić information content (AvgIpc) is 2.93. The maximum Gasteiger partial charge on any atom is 0.222 e. The molecule has 1 atom stereocenters. The lowest BCUT2D eigenvalue weighted by molar-refractivity contribution is -0.122. The van der Waals surface area contributed by atoms with Crippen LogP contribution in [0.25, 0.3) is 0 Å². The molecule has 0 saturated heterocycles. The van der Waals surface area contributed by atoms with Crippen LogP contribution in [0.3, 0.4) is 0 Å². The molecule has 0 fully saturated rings. The molecule has 0 saturated carbocycles. The highest BCUT2D eigenvalue weighted by Gasteiger charge is 2.16. The summed E-state index contributed by atoms with van der Waals surface area (Å²) in [5.74, 6) is 0.666. The first-order valence-corrected chi connectivity index (χ1v) is 6.52. The Morgan fingerprint density at radius 1 is 1.40 bits per heavy atom. The second kappa shape index (κ2) is 5.81. The van der Waals surface area contributed by atoms with Crippen molar-refractivity contribution in [1.29, 1.82) is 0 Å². The topological polar surface area (TPSA) is 101 Å². The second-order valence-corrected chi connectivity index (χ2v) is 4.84. The third kappa shape index (κ3) is 3.01. The molecule has 108 valence electrons. The van der Waals surface area contributed by atoms with Crippen molar-refractivity contribution in [2.24, 2.45) is 0 Å². The summed E-state index contributed by atoms with van der Waals surface area (Å²) in [5.41, 5.74) is 2.93. The van der Waals surface area contributed by atoms with E-state index in [9.17, 15) is 4.79 Å². The number of rotatable bonds is 5. The van der Waals surface area contributed by atoms with Gasteiger partial charge in [0.05, 0.1) is 18.3 Å². The maximum atomic E-state index is 12.0. The first kappa shape index (κ1) is 14.2. The predicted molar refractivity (Wildman–Crippen MR) is 71.8 cm³/mol. The third-order valence-electron chi connectivity index (χ3n) is 3.26. The molecule has 0 radical (unpaired) electrons. The van der Waals surface area contributed by atoms with Crippen LogP contribution < -0.4 is 5.32 Å². The van der Waals surface area contributed by atoms with Crippen molar-refractivity contribution < 1.29 is 4.79 Å². The number of amides is 1. The Hall–Kier alpha value is -2.25. The lowest BCUT2D eigenvalue weighted by Crippen LogP contribution is -2.28. The van der Waals surface area contributed by atoms with Gasteiger partial charge < -0.3 is 5.32 Å². The molecular formula is C12H19N7O. The highest BCUT2D eigenvalue weighted by Crippen LogP contribution is 2.18. The first-order valence-electron chi connectivity index (χ1n) is 6.52. The molecule has 0 aromatic carbocycles. The van der Waals surface area contributed by atoms with E-state index in [-0.39, 0.29) is 11.9 Å². The molecule has 0 bridgehead atoms. The Morgan fingerprint density at radius 2 is 2.15 bits per heavy atom. The van der Waals surface area contributed by atoms with Crippen LogP contribution in [0, 0.1) is 20.8 Å². The molecule has 2 aromatic heterocycles. The Balaban J connectivity index is 1.90. The van der Waals surface area contributed by atoms with Gasteiger partial charge in [0.15, 0.2) is 0 Å². The predicted octanol–water partition coefficient (Wildman–Crippen LogP) is 0.589. The largest absolute Gasteiger partial charge is 0.349 e. The van der Waals surface area contributed by atoms with Gasteiger partial charge in [-0.2, -0.15) is 5.10 Å². The average molecular weight is 277 g/mol. The minimum Gasteiger partial charge on any atom is -0.349 e. The highest BCUT2D eigenvalue weighted by molar-refractivity contribution is 5.76. The molecule has 0 aliphatic carbocycles. The summed E-state index contributed by atoms with van der Waals surface area (Å²) < 4.78 is 1.61. The molecule has 20 heavy (non-hydrogen) atoms. The molecule has 8 heteroatoms. The van der Waals surface area contributed by atoms with Gasteiger partial charge in [-0.15, -0.1) is 5.10 Å². The molecule has 1 amide bonds. The monoisotopic (exact) mass is 277 g/mol. The van der Waals surface area contributed by atoms with Crippen molar-refractivity contribution in [3.8, 4) is 0 Å². The van der Waals surface area contributed by atoms with Gasteiger partial charge in [0.25, 0.3) is 0 Å². The number of aromatic amines is 1. The van der Waals surface area contributed by atoms with Gasteiger partial charge in [-0.05, 0) is 38.1 Å². The van der Waals surface area contributed by atoms with Gasteiger partial charge in [-0.1, -0.05) is 0 Å². The van der Waals surface area contributed by atoms with E-state index < -0.39 is 0 Å². The van der Waals surface area contributed by atoms with Gasteiger partial charge in [0.1, 0.15) is 5.82 Å². The van der Waals surface area contributed by atoms with Crippen LogP contribution in [0.1, 0.15) is 42.2 Å². The molecule has 2 N–H and O–H groups in total. The number of tetrazole rings is 1. The van der Waals surface area contributed by atoms with E-state index in [1.807, 2.05) is 20.8 Å². The molecule has 2 rings (SSSR count). The molecule has 0 aliphatic heterocycles. The lowest BCUT2D eigenvalue weighted by atomic mass is 10.1. The summed E-state index contributed by atoms with van der Waals surface area (Å²) in [6.07, 6.45) is 0.339. The molecule has 2 heterocycles. The number of hydrogen-bond acceptors (Lipinski definition) is 5. The van der Waals surface area contributed by atoms with Crippen molar-refractivity contribution in [2.75, 3.05) is 0 Å². The Morgan fingerprint density at radius 3 is 2.70 bits per heavy atom. The minimum atomic E-state index is -0.0729. The van der Waals surface area contributed by atoms with E-state index in [1.165, 1.54) is 0 Å². The summed E-state index contributed by atoms with van der Waals surface area (Å²) in [6, 6.07) is -0.0729. The van der Waals surface area contributed by atoms with E-state index in [2.05, 4.69) is 31.0 Å². The highest BCUT2D eigenvalue weighted by atomic mass is 16.1. The Labute approximate surface area is 117 Å². The molecular weight excluding hydrogens is 258 g/mol. The van der Waals surface area contributed by atoms with Crippen molar-refractivity contribution >= 4 is 5.91 Å². The van der Waals surface area contributed by atoms with Crippen LogP contribution in [-0.2, 0) is 11.3 Å². The fourth-order valence-corrected chi connectivity index (χ4v) is 2.25. The van der Waals surface area contributed by atoms with Crippen LogP contribution in [0.5, 0.6) is 0 Å². The standard InChI is InChI=1S/C12H19N7O/c1-7(12-8(2)14-15-9(12)3)13-11(20)5-6-19-10(4)16-17-18-19/h7H,5-6H2,1-4H3,(H,13,20)(H,14,15). The fourth-order valence-electron chi connectivity index (χ4n) is 2.25. The minimum absolute atomic E-state index is 0.0348. The van der Waals surface area contributed by atoms with Crippen LogP contribution in [0.2, 0.25) is 0 Å². The summed E-state index contributed by atoms with van der Waals surface area (Å²) in [5, 5.41) is 21.1. The number of aryl methyl sites for hydroxylation is 4. The third-order valence-corrected chi connectivity index (χ3v) is 3.26. The van der Waals surface area contributed by atoms with E-state index >= 15 is 0 Å². The first-order chi connectivity index (χ1) is 9.49. The number of hydrogen-bond donors (Lipinski definition) is 2. The van der Waals surface area contributed by atoms with Gasteiger partial charge >= 0.3 is 0 Å². The van der Waals surface area contributed by atoms with E-state index in [0.717, 1.165) is 17.0 Å². The molecule has 1 unspecified atom stereocenters. The lowest BCUT2D eigenvalue weighted by Gasteiger charge is -2.14. The van der Waals surface area contributed by atoms with E-state index in [0.29, 0.717) is 18.8 Å². The Kier molecular flexibility index (Phi) is 4.11. The van der Waals surface area contributed by atoms with Crippen LogP contribution in [-0.4, -0.2) is 36.3 Å². The summed E-state index contributed by atoms with van der Waals surface area (Å²) in [7, 11) is 0. The van der Waals surface area contributed by atoms with Crippen LogP contribution in [0.15, 0.2) is 0 Å². The van der Waals surface area contributed by atoms with Crippen molar-refractivity contribution in [1.82, 2.24) is 35.7 Å². The van der Waals surface area contributed by atoms with Crippen LogP contribution in [0.4, 0.5) is 0 Å². The zero-order valence-corrected chi connectivity index (χ0v) is 12.1. The zero-order valence-electron chi connectivity index (χ0n) is 12.1. The molecule has 0 spiro atoms. The Bertz CT molecular complexity index is 581. The SMILES string of the molecule is Cc1n[nH]c(C)c1C(C)NC(=O)CCn1nnnc1C. The number of aromatic nitrogens is 6. The molecule has 0 aliphatic rings.